The van der Waals surface area contributed by atoms with E-state index < -0.39 is 0 Å². The molecule has 2 heteroatoms. The van der Waals surface area contributed by atoms with E-state index in [-0.39, 0.29) is 0 Å². The summed E-state index contributed by atoms with van der Waals surface area (Å²) in [6.07, 6.45) is 2.50. The number of anilines is 2. The average molecular weight is 188 g/mol. The second-order valence-corrected chi connectivity index (χ2v) is 3.92. The Labute approximate surface area is 84.8 Å². The molecule has 0 aliphatic heterocycles. The molecule has 0 atom stereocenters. The Kier molecular flexibility index (Phi) is 2.20. The van der Waals surface area contributed by atoms with Gasteiger partial charge in [-0.05, 0) is 44.4 Å². The highest BCUT2D eigenvalue weighted by Gasteiger charge is 2.14. The van der Waals surface area contributed by atoms with Gasteiger partial charge in [0.1, 0.15) is 0 Å². The molecule has 0 heterocycles. The minimum absolute atomic E-state index is 0.851. The molecule has 1 aromatic carbocycles. The summed E-state index contributed by atoms with van der Waals surface area (Å²) in [5.41, 5.74) is 11.7. The highest BCUT2D eigenvalue weighted by atomic mass is 14.9. The second-order valence-electron chi connectivity index (χ2n) is 3.92. The van der Waals surface area contributed by atoms with Crippen LogP contribution in [0.4, 0.5) is 11.4 Å². The minimum Gasteiger partial charge on any atom is -0.398 e. The van der Waals surface area contributed by atoms with Crippen molar-refractivity contribution in [3.05, 3.63) is 35.0 Å². The van der Waals surface area contributed by atoms with Crippen molar-refractivity contribution >= 4 is 11.4 Å². The summed E-state index contributed by atoms with van der Waals surface area (Å²) >= 11 is 0. The van der Waals surface area contributed by atoms with Crippen LogP contribution in [-0.4, -0.2) is 0 Å². The molecule has 1 aliphatic carbocycles. The molecule has 1 saturated carbocycles. The largest absolute Gasteiger partial charge is 0.398 e. The van der Waals surface area contributed by atoms with Crippen molar-refractivity contribution < 1.29 is 0 Å². The third-order valence-corrected chi connectivity index (χ3v) is 2.64. The zero-order valence-electron chi connectivity index (χ0n) is 8.72. The lowest BCUT2D eigenvalue weighted by Gasteiger charge is -2.08. The fraction of sp³-hybridized carbons (Fsp3) is 0.333. The number of hydrogen-bond acceptors (Lipinski definition) is 2. The smallest absolute Gasteiger partial charge is 0.0402 e. The fourth-order valence-corrected chi connectivity index (χ4v) is 1.46. The molecule has 14 heavy (non-hydrogen) atoms. The van der Waals surface area contributed by atoms with Crippen LogP contribution in [0.5, 0.6) is 0 Å². The van der Waals surface area contributed by atoms with E-state index in [2.05, 4.69) is 18.3 Å². The van der Waals surface area contributed by atoms with E-state index in [1.165, 1.54) is 24.1 Å². The number of hydrogen-bond donors (Lipinski definition) is 2. The van der Waals surface area contributed by atoms with Crippen LogP contribution in [-0.2, 0) is 0 Å². The molecule has 1 fully saturated rings. The topological polar surface area (TPSA) is 38.0 Å². The van der Waals surface area contributed by atoms with E-state index in [9.17, 15) is 0 Å². The van der Waals surface area contributed by atoms with Crippen LogP contribution in [0, 0.1) is 6.92 Å². The first-order valence-electron chi connectivity index (χ1n) is 4.98. The average Bonchev–Trinajstić information content (AvgIpc) is 2.94. The molecule has 0 unspecified atom stereocenters. The highest BCUT2D eigenvalue weighted by molar-refractivity contribution is 5.60. The van der Waals surface area contributed by atoms with Gasteiger partial charge in [-0.1, -0.05) is 11.6 Å². The highest BCUT2D eigenvalue weighted by Crippen LogP contribution is 2.32. The lowest BCUT2D eigenvalue weighted by molar-refractivity contribution is 1.34. The summed E-state index contributed by atoms with van der Waals surface area (Å²) in [6, 6.07) is 6.10. The Hall–Kier alpha value is -1.44. The first-order valence-corrected chi connectivity index (χ1v) is 4.98. The molecule has 3 N–H and O–H groups in total. The molecule has 0 radical (unpaired) electrons. The Balaban J connectivity index is 2.17. The van der Waals surface area contributed by atoms with Gasteiger partial charge < -0.3 is 11.1 Å². The lowest BCUT2D eigenvalue weighted by Crippen LogP contribution is -1.97. The van der Waals surface area contributed by atoms with Crippen molar-refractivity contribution in [2.45, 2.75) is 26.7 Å². The standard InChI is InChI=1S/C12H16N2/c1-8-3-6-11(7-12(8)13)14-9(2)10-4-5-10/h3,6-7,14H,4-5,13H2,1-2H3. The third kappa shape index (κ3) is 1.90. The molecule has 0 spiro atoms. The third-order valence-electron chi connectivity index (χ3n) is 2.64. The van der Waals surface area contributed by atoms with Gasteiger partial charge in [0, 0.05) is 17.1 Å². The molecule has 2 nitrogen and oxygen atoms in total. The van der Waals surface area contributed by atoms with Gasteiger partial charge in [0.05, 0.1) is 0 Å². The van der Waals surface area contributed by atoms with Gasteiger partial charge in [-0.3, -0.25) is 0 Å². The van der Waals surface area contributed by atoms with E-state index in [1.807, 2.05) is 19.1 Å². The van der Waals surface area contributed by atoms with E-state index in [1.54, 1.807) is 0 Å². The lowest BCUT2D eigenvalue weighted by atomic mass is 10.2. The Morgan fingerprint density at radius 1 is 1.36 bits per heavy atom. The van der Waals surface area contributed by atoms with E-state index in [0.29, 0.717) is 0 Å². The maximum absolute atomic E-state index is 5.83. The monoisotopic (exact) mass is 188 g/mol. The van der Waals surface area contributed by atoms with Crippen molar-refractivity contribution in [3.8, 4) is 0 Å². The molecule has 0 bridgehead atoms. The van der Waals surface area contributed by atoms with Crippen LogP contribution < -0.4 is 11.1 Å². The molecule has 0 saturated heterocycles. The quantitative estimate of drug-likeness (QED) is 0.700. The van der Waals surface area contributed by atoms with Gasteiger partial charge in [-0.2, -0.15) is 0 Å². The predicted molar refractivity (Wildman–Crippen MR) is 61.1 cm³/mol. The molecule has 74 valence electrons. The normalized spacial score (nSPS) is 14.0. The summed E-state index contributed by atoms with van der Waals surface area (Å²) in [6.45, 7) is 4.14. The zero-order chi connectivity index (χ0) is 10.1. The van der Waals surface area contributed by atoms with Crippen molar-refractivity contribution in [2.24, 2.45) is 0 Å². The number of benzene rings is 1. The van der Waals surface area contributed by atoms with Gasteiger partial charge in [0.25, 0.3) is 0 Å². The molecular weight excluding hydrogens is 172 g/mol. The van der Waals surface area contributed by atoms with Gasteiger partial charge >= 0.3 is 0 Å². The first kappa shape index (κ1) is 9.13. The maximum atomic E-state index is 5.83. The number of allylic oxidation sites excluding steroid dienone is 2. The van der Waals surface area contributed by atoms with Crippen LogP contribution in [0.3, 0.4) is 0 Å². The summed E-state index contributed by atoms with van der Waals surface area (Å²) in [5.74, 6) is 0. The van der Waals surface area contributed by atoms with E-state index in [0.717, 1.165) is 16.9 Å². The summed E-state index contributed by atoms with van der Waals surface area (Å²) < 4.78 is 0. The van der Waals surface area contributed by atoms with Crippen LogP contribution in [0.25, 0.3) is 0 Å². The molecule has 0 aromatic heterocycles. The Bertz CT molecular complexity index is 385. The van der Waals surface area contributed by atoms with Crippen LogP contribution in [0.1, 0.15) is 25.3 Å². The Morgan fingerprint density at radius 2 is 2.07 bits per heavy atom. The molecule has 1 aliphatic rings. The second kappa shape index (κ2) is 3.37. The number of nitrogens with two attached hydrogens (primary N) is 1. The van der Waals surface area contributed by atoms with Crippen molar-refractivity contribution in [1.29, 1.82) is 0 Å². The molecule has 2 rings (SSSR count). The van der Waals surface area contributed by atoms with Gasteiger partial charge in [0.15, 0.2) is 0 Å². The number of aryl methyl sites for hydroxylation is 1. The fourth-order valence-electron chi connectivity index (χ4n) is 1.46. The van der Waals surface area contributed by atoms with Gasteiger partial charge in [-0.15, -0.1) is 0 Å². The molecule has 0 amide bonds. The van der Waals surface area contributed by atoms with Crippen LogP contribution in [0.2, 0.25) is 0 Å². The van der Waals surface area contributed by atoms with Gasteiger partial charge in [-0.25, -0.2) is 0 Å². The van der Waals surface area contributed by atoms with Crippen molar-refractivity contribution in [2.75, 3.05) is 11.1 Å². The SMILES string of the molecule is CC(Nc1ccc(C)c(N)c1)=C1CC1. The number of nitrogen functional groups attached to an aromatic ring is 1. The zero-order valence-corrected chi connectivity index (χ0v) is 8.72. The minimum atomic E-state index is 0.851. The van der Waals surface area contributed by atoms with Gasteiger partial charge in [0.2, 0.25) is 0 Å². The Morgan fingerprint density at radius 3 is 2.64 bits per heavy atom. The summed E-state index contributed by atoms with van der Waals surface area (Å²) in [4.78, 5) is 0. The maximum Gasteiger partial charge on any atom is 0.0402 e. The van der Waals surface area contributed by atoms with Crippen molar-refractivity contribution in [3.63, 3.8) is 0 Å². The number of rotatable bonds is 2. The molecular formula is C12H16N2. The summed E-state index contributed by atoms with van der Waals surface area (Å²) in [7, 11) is 0. The van der Waals surface area contributed by atoms with E-state index in [4.69, 9.17) is 5.73 Å². The predicted octanol–water partition coefficient (Wildman–Crippen LogP) is 3.06. The van der Waals surface area contributed by atoms with E-state index >= 15 is 0 Å². The number of nitrogens with one attached hydrogen (secondary N) is 1. The van der Waals surface area contributed by atoms with Crippen LogP contribution in [0.15, 0.2) is 29.5 Å². The van der Waals surface area contributed by atoms with Crippen LogP contribution >= 0.6 is 0 Å². The first-order chi connectivity index (χ1) is 6.66. The summed E-state index contributed by atoms with van der Waals surface area (Å²) in [5, 5.41) is 3.37. The molecule has 1 aromatic rings. The van der Waals surface area contributed by atoms with Crippen molar-refractivity contribution in [1.82, 2.24) is 0 Å².